The molecule has 0 N–H and O–H groups in total. The van der Waals surface area contributed by atoms with Gasteiger partial charge in [-0.15, -0.1) is 0 Å². The minimum absolute atomic E-state index is 0.136. The van der Waals surface area contributed by atoms with Gasteiger partial charge in [-0.1, -0.05) is 25.1 Å². The lowest BCUT2D eigenvalue weighted by Crippen LogP contribution is -2.10. The summed E-state index contributed by atoms with van der Waals surface area (Å²) < 4.78 is 5.41. The fourth-order valence-corrected chi connectivity index (χ4v) is 2.26. The van der Waals surface area contributed by atoms with Gasteiger partial charge in [-0.05, 0) is 36.8 Å². The molecule has 2 heteroatoms. The highest BCUT2D eigenvalue weighted by atomic mass is 16.5. The monoisotopic (exact) mass is 218 g/mol. The van der Waals surface area contributed by atoms with Gasteiger partial charge >= 0.3 is 0 Å². The van der Waals surface area contributed by atoms with Crippen LogP contribution in [0.1, 0.15) is 42.1 Å². The Morgan fingerprint density at radius 1 is 1.50 bits per heavy atom. The van der Waals surface area contributed by atoms with E-state index in [0.717, 1.165) is 25.2 Å². The van der Waals surface area contributed by atoms with Crippen molar-refractivity contribution < 1.29 is 9.53 Å². The van der Waals surface area contributed by atoms with E-state index in [1.165, 1.54) is 5.56 Å². The van der Waals surface area contributed by atoms with Gasteiger partial charge in [0.1, 0.15) is 0 Å². The number of rotatable bonds is 3. The third kappa shape index (κ3) is 2.33. The molecule has 1 aromatic rings. The summed E-state index contributed by atoms with van der Waals surface area (Å²) in [5.74, 6) is 1.21. The average Bonchev–Trinajstić information content (AvgIpc) is 2.81. The van der Waals surface area contributed by atoms with Crippen LogP contribution in [0.15, 0.2) is 24.3 Å². The van der Waals surface area contributed by atoms with Gasteiger partial charge < -0.3 is 4.74 Å². The van der Waals surface area contributed by atoms with Crippen molar-refractivity contribution in [1.29, 1.82) is 0 Å². The summed E-state index contributed by atoms with van der Waals surface area (Å²) in [6, 6.07) is 7.98. The summed E-state index contributed by atoms with van der Waals surface area (Å²) in [5, 5.41) is 0. The van der Waals surface area contributed by atoms with Crippen molar-refractivity contribution in [2.75, 3.05) is 13.2 Å². The highest BCUT2D eigenvalue weighted by Gasteiger charge is 2.23. The first-order valence-electron chi connectivity index (χ1n) is 5.87. The van der Waals surface area contributed by atoms with Crippen LogP contribution >= 0.6 is 0 Å². The summed E-state index contributed by atoms with van der Waals surface area (Å²) in [6.45, 7) is 5.56. The normalized spacial score (nSPS) is 22.0. The predicted molar refractivity (Wildman–Crippen MR) is 63.8 cm³/mol. The number of carbonyl (C=O) groups is 1. The van der Waals surface area contributed by atoms with Crippen LogP contribution in [0.4, 0.5) is 0 Å². The van der Waals surface area contributed by atoms with E-state index in [1.807, 2.05) is 18.2 Å². The second-order valence-electron chi connectivity index (χ2n) is 4.59. The van der Waals surface area contributed by atoms with E-state index in [9.17, 15) is 4.79 Å². The third-order valence-corrected chi connectivity index (χ3v) is 3.49. The lowest BCUT2D eigenvalue weighted by molar-refractivity contribution is 0.101. The van der Waals surface area contributed by atoms with E-state index >= 15 is 0 Å². The number of Topliss-reactive ketones (excluding diaryl/α,β-unsaturated/α-hetero) is 1. The number of hydrogen-bond donors (Lipinski definition) is 0. The summed E-state index contributed by atoms with van der Waals surface area (Å²) in [4.78, 5) is 11.3. The molecule has 0 saturated carbocycles. The van der Waals surface area contributed by atoms with Crippen LogP contribution in [-0.2, 0) is 4.74 Å². The van der Waals surface area contributed by atoms with Crippen LogP contribution in [0.5, 0.6) is 0 Å². The number of hydrogen-bond acceptors (Lipinski definition) is 2. The van der Waals surface area contributed by atoms with Gasteiger partial charge in [-0.3, -0.25) is 4.79 Å². The molecule has 16 heavy (non-hydrogen) atoms. The number of carbonyl (C=O) groups excluding carboxylic acids is 1. The standard InChI is InChI=1S/C14H18O2/c1-10(14-6-7-16-9-14)12-4-3-5-13(8-12)11(2)15/h3-5,8,10,14H,6-7,9H2,1-2H3. The Labute approximate surface area is 96.6 Å². The van der Waals surface area contributed by atoms with Gasteiger partial charge in [0.05, 0.1) is 6.61 Å². The van der Waals surface area contributed by atoms with Crippen LogP contribution in [-0.4, -0.2) is 19.0 Å². The Bertz CT molecular complexity index is 378. The van der Waals surface area contributed by atoms with Gasteiger partial charge in [-0.25, -0.2) is 0 Å². The smallest absolute Gasteiger partial charge is 0.159 e. The van der Waals surface area contributed by atoms with Gasteiger partial charge in [0, 0.05) is 12.2 Å². The number of benzene rings is 1. The van der Waals surface area contributed by atoms with Crippen molar-refractivity contribution in [2.24, 2.45) is 5.92 Å². The Morgan fingerprint density at radius 3 is 2.94 bits per heavy atom. The van der Waals surface area contributed by atoms with E-state index < -0.39 is 0 Å². The largest absolute Gasteiger partial charge is 0.381 e. The summed E-state index contributed by atoms with van der Waals surface area (Å²) in [7, 11) is 0. The van der Waals surface area contributed by atoms with Crippen LogP contribution in [0, 0.1) is 5.92 Å². The van der Waals surface area contributed by atoms with Crippen LogP contribution in [0.3, 0.4) is 0 Å². The third-order valence-electron chi connectivity index (χ3n) is 3.49. The SMILES string of the molecule is CC(=O)c1cccc(C(C)C2CCOC2)c1. The molecule has 1 aromatic carbocycles. The van der Waals surface area contributed by atoms with E-state index in [2.05, 4.69) is 13.0 Å². The molecule has 0 aliphatic carbocycles. The quantitative estimate of drug-likeness (QED) is 0.729. The zero-order chi connectivity index (χ0) is 11.5. The molecule has 1 aliphatic heterocycles. The van der Waals surface area contributed by atoms with E-state index in [-0.39, 0.29) is 5.78 Å². The maximum atomic E-state index is 11.3. The molecule has 2 unspecified atom stereocenters. The summed E-state index contributed by atoms with van der Waals surface area (Å²) in [5.41, 5.74) is 2.06. The van der Waals surface area contributed by atoms with Crippen molar-refractivity contribution in [2.45, 2.75) is 26.2 Å². The van der Waals surface area contributed by atoms with E-state index in [0.29, 0.717) is 11.8 Å². The molecule has 0 spiro atoms. The summed E-state index contributed by atoms with van der Waals surface area (Å²) in [6.07, 6.45) is 1.13. The molecular weight excluding hydrogens is 200 g/mol. The maximum absolute atomic E-state index is 11.3. The Kier molecular flexibility index (Phi) is 3.39. The molecule has 2 nitrogen and oxygen atoms in total. The van der Waals surface area contributed by atoms with Crippen LogP contribution < -0.4 is 0 Å². The summed E-state index contributed by atoms with van der Waals surface area (Å²) >= 11 is 0. The Hall–Kier alpha value is -1.15. The topological polar surface area (TPSA) is 26.3 Å². The van der Waals surface area contributed by atoms with Crippen molar-refractivity contribution in [3.05, 3.63) is 35.4 Å². The first kappa shape index (κ1) is 11.3. The molecule has 1 saturated heterocycles. The highest BCUT2D eigenvalue weighted by Crippen LogP contribution is 2.30. The highest BCUT2D eigenvalue weighted by molar-refractivity contribution is 5.94. The molecule has 0 amide bonds. The molecule has 2 atom stereocenters. The minimum atomic E-state index is 0.136. The van der Waals surface area contributed by atoms with Crippen molar-refractivity contribution in [1.82, 2.24) is 0 Å². The molecule has 0 radical (unpaired) electrons. The lowest BCUT2D eigenvalue weighted by Gasteiger charge is -2.18. The molecule has 1 fully saturated rings. The fourth-order valence-electron chi connectivity index (χ4n) is 2.26. The van der Waals surface area contributed by atoms with Crippen LogP contribution in [0.2, 0.25) is 0 Å². The maximum Gasteiger partial charge on any atom is 0.159 e. The second kappa shape index (κ2) is 4.79. The zero-order valence-electron chi connectivity index (χ0n) is 9.90. The first-order chi connectivity index (χ1) is 7.68. The first-order valence-corrected chi connectivity index (χ1v) is 5.87. The van der Waals surface area contributed by atoms with Crippen molar-refractivity contribution in [3.63, 3.8) is 0 Å². The molecule has 86 valence electrons. The molecule has 0 bridgehead atoms. The molecule has 1 heterocycles. The van der Waals surface area contributed by atoms with Gasteiger partial charge in [0.2, 0.25) is 0 Å². The molecular formula is C14H18O2. The van der Waals surface area contributed by atoms with Crippen LogP contribution in [0.25, 0.3) is 0 Å². The van der Waals surface area contributed by atoms with Crippen molar-refractivity contribution in [3.8, 4) is 0 Å². The van der Waals surface area contributed by atoms with E-state index in [1.54, 1.807) is 6.92 Å². The van der Waals surface area contributed by atoms with Gasteiger partial charge in [-0.2, -0.15) is 0 Å². The van der Waals surface area contributed by atoms with Crippen molar-refractivity contribution >= 4 is 5.78 Å². The molecule has 0 aromatic heterocycles. The minimum Gasteiger partial charge on any atom is -0.381 e. The average molecular weight is 218 g/mol. The lowest BCUT2D eigenvalue weighted by atomic mass is 9.86. The Balaban J connectivity index is 2.18. The van der Waals surface area contributed by atoms with Gasteiger partial charge in [0.25, 0.3) is 0 Å². The Morgan fingerprint density at radius 2 is 2.31 bits per heavy atom. The van der Waals surface area contributed by atoms with E-state index in [4.69, 9.17) is 4.74 Å². The zero-order valence-corrected chi connectivity index (χ0v) is 9.90. The molecule has 2 rings (SSSR count). The predicted octanol–water partition coefficient (Wildman–Crippen LogP) is 3.03. The van der Waals surface area contributed by atoms with Gasteiger partial charge in [0.15, 0.2) is 5.78 Å². The number of ketones is 1. The second-order valence-corrected chi connectivity index (χ2v) is 4.59. The molecule has 1 aliphatic rings. The number of ether oxygens (including phenoxy) is 1. The fraction of sp³-hybridized carbons (Fsp3) is 0.500.